The standard InChI is InChI=1S/C29H33BrN6O4/c1-17(2)25(33-28(38)40-4)27(37)36-16-35(29(39)34-13-20-6-5-18(3)11-21(20)14-34)15-24(36)26-31-12-23(32-26)19-7-9-22(30)10-8-19/h5-12,17,24-25H,13-16H2,1-4H3,(H,31,32)(H,33,38)/t24?,25-/m0/s1. The van der Waals surface area contributed by atoms with Gasteiger partial charge in [0, 0.05) is 17.6 Å². The van der Waals surface area contributed by atoms with E-state index in [0.717, 1.165) is 32.4 Å². The minimum Gasteiger partial charge on any atom is -0.453 e. The Labute approximate surface area is 241 Å². The number of ether oxygens (including phenoxy) is 1. The molecule has 3 aromatic rings. The van der Waals surface area contributed by atoms with E-state index >= 15 is 0 Å². The summed E-state index contributed by atoms with van der Waals surface area (Å²) in [7, 11) is 1.26. The molecule has 5 rings (SSSR count). The minimum atomic E-state index is -0.829. The zero-order valence-electron chi connectivity index (χ0n) is 23.0. The number of methoxy groups -OCH3 is 1. The molecule has 0 saturated carbocycles. The number of carbonyl (C=O) groups excluding carboxylic acids is 3. The van der Waals surface area contributed by atoms with Crippen molar-refractivity contribution in [2.24, 2.45) is 5.92 Å². The third kappa shape index (κ3) is 5.56. The Morgan fingerprint density at radius 1 is 1.07 bits per heavy atom. The number of aryl methyl sites for hydroxylation is 1. The number of fused-ring (bicyclic) bond motifs is 1. The van der Waals surface area contributed by atoms with Crippen molar-refractivity contribution in [3.8, 4) is 11.3 Å². The molecule has 0 radical (unpaired) electrons. The van der Waals surface area contributed by atoms with Crippen LogP contribution in [0.15, 0.2) is 53.1 Å². The van der Waals surface area contributed by atoms with Crippen LogP contribution in [0.2, 0.25) is 0 Å². The molecular formula is C29H33BrN6O4. The van der Waals surface area contributed by atoms with Gasteiger partial charge in [0.2, 0.25) is 5.91 Å². The fraction of sp³-hybridized carbons (Fsp3) is 0.379. The predicted molar refractivity (Wildman–Crippen MR) is 153 cm³/mol. The first-order valence-corrected chi connectivity index (χ1v) is 14.0. The number of nitrogens with one attached hydrogen (secondary N) is 2. The molecule has 3 heterocycles. The summed E-state index contributed by atoms with van der Waals surface area (Å²) >= 11 is 3.46. The highest BCUT2D eigenvalue weighted by Crippen LogP contribution is 2.32. The predicted octanol–water partition coefficient (Wildman–Crippen LogP) is 4.81. The number of hydrogen-bond acceptors (Lipinski definition) is 5. The molecule has 2 N–H and O–H groups in total. The second kappa shape index (κ2) is 11.3. The number of urea groups is 1. The lowest BCUT2D eigenvalue weighted by Gasteiger charge is -2.29. The Morgan fingerprint density at radius 2 is 1.80 bits per heavy atom. The average molecular weight is 610 g/mol. The fourth-order valence-corrected chi connectivity index (χ4v) is 5.53. The number of aromatic amines is 1. The third-order valence-electron chi connectivity index (χ3n) is 7.46. The second-order valence-electron chi connectivity index (χ2n) is 10.6. The number of carbonyl (C=O) groups is 3. The molecule has 210 valence electrons. The number of imidazole rings is 1. The zero-order valence-corrected chi connectivity index (χ0v) is 24.6. The summed E-state index contributed by atoms with van der Waals surface area (Å²) in [4.78, 5) is 52.8. The monoisotopic (exact) mass is 608 g/mol. The largest absolute Gasteiger partial charge is 0.453 e. The molecule has 2 aliphatic heterocycles. The fourth-order valence-electron chi connectivity index (χ4n) is 5.26. The molecule has 2 atom stereocenters. The topological polar surface area (TPSA) is 111 Å². The normalized spacial score (nSPS) is 17.2. The summed E-state index contributed by atoms with van der Waals surface area (Å²) in [5.41, 5.74) is 5.18. The number of nitrogens with zero attached hydrogens (tertiary/aromatic N) is 4. The van der Waals surface area contributed by atoms with Crippen LogP contribution in [0.4, 0.5) is 9.59 Å². The Kier molecular flexibility index (Phi) is 7.84. The molecule has 0 aliphatic carbocycles. The number of rotatable bonds is 5. The van der Waals surface area contributed by atoms with Gasteiger partial charge in [-0.1, -0.05) is 65.7 Å². The van der Waals surface area contributed by atoms with Gasteiger partial charge in [-0.15, -0.1) is 0 Å². The van der Waals surface area contributed by atoms with E-state index in [2.05, 4.69) is 49.4 Å². The maximum absolute atomic E-state index is 13.9. The Hall–Kier alpha value is -3.86. The molecule has 4 amide bonds. The molecule has 10 nitrogen and oxygen atoms in total. The van der Waals surface area contributed by atoms with Gasteiger partial charge in [0.25, 0.3) is 0 Å². The van der Waals surface area contributed by atoms with Crippen LogP contribution in [0.25, 0.3) is 11.3 Å². The maximum Gasteiger partial charge on any atom is 0.407 e. The first-order chi connectivity index (χ1) is 19.1. The lowest BCUT2D eigenvalue weighted by molar-refractivity contribution is -0.135. The van der Waals surface area contributed by atoms with E-state index in [1.54, 1.807) is 20.9 Å². The first-order valence-electron chi connectivity index (χ1n) is 13.2. The highest BCUT2D eigenvalue weighted by atomic mass is 79.9. The summed E-state index contributed by atoms with van der Waals surface area (Å²) in [6.07, 6.45) is 1.05. The molecule has 0 bridgehead atoms. The Morgan fingerprint density at radius 3 is 2.50 bits per heavy atom. The van der Waals surface area contributed by atoms with Crippen molar-refractivity contribution in [2.75, 3.05) is 20.3 Å². The van der Waals surface area contributed by atoms with Gasteiger partial charge in [-0.25, -0.2) is 14.6 Å². The summed E-state index contributed by atoms with van der Waals surface area (Å²) in [6, 6.07) is 12.6. The van der Waals surface area contributed by atoms with Crippen molar-refractivity contribution >= 4 is 34.0 Å². The Bertz CT molecular complexity index is 1420. The van der Waals surface area contributed by atoms with Gasteiger partial charge in [0.1, 0.15) is 17.9 Å². The second-order valence-corrected chi connectivity index (χ2v) is 11.6. The lowest BCUT2D eigenvalue weighted by atomic mass is 10.0. The lowest BCUT2D eigenvalue weighted by Crippen LogP contribution is -2.52. The number of H-pyrrole nitrogens is 1. The molecular weight excluding hydrogens is 576 g/mol. The van der Waals surface area contributed by atoms with E-state index in [0.29, 0.717) is 18.9 Å². The van der Waals surface area contributed by atoms with Gasteiger partial charge in [-0.2, -0.15) is 0 Å². The smallest absolute Gasteiger partial charge is 0.407 e. The summed E-state index contributed by atoms with van der Waals surface area (Å²) in [5, 5.41) is 2.67. The molecule has 11 heteroatoms. The molecule has 2 aromatic carbocycles. The van der Waals surface area contributed by atoms with E-state index < -0.39 is 18.2 Å². The van der Waals surface area contributed by atoms with Crippen molar-refractivity contribution in [3.05, 3.63) is 75.6 Å². The van der Waals surface area contributed by atoms with Crippen molar-refractivity contribution in [2.45, 2.75) is 45.9 Å². The van der Waals surface area contributed by atoms with Crippen molar-refractivity contribution in [1.29, 1.82) is 0 Å². The van der Waals surface area contributed by atoms with Gasteiger partial charge in [0.15, 0.2) is 0 Å². The quantitative estimate of drug-likeness (QED) is 0.432. The van der Waals surface area contributed by atoms with Gasteiger partial charge in [0.05, 0.1) is 32.2 Å². The number of amides is 4. The van der Waals surface area contributed by atoms with Crippen LogP contribution in [0, 0.1) is 12.8 Å². The number of aromatic nitrogens is 2. The molecule has 1 saturated heterocycles. The third-order valence-corrected chi connectivity index (χ3v) is 7.99. The number of halogens is 1. The highest BCUT2D eigenvalue weighted by Gasteiger charge is 2.43. The molecule has 1 unspecified atom stereocenters. The first kappa shape index (κ1) is 27.7. The van der Waals surface area contributed by atoms with E-state index in [4.69, 9.17) is 4.74 Å². The van der Waals surface area contributed by atoms with Crippen LogP contribution in [0.3, 0.4) is 0 Å². The van der Waals surface area contributed by atoms with E-state index in [1.165, 1.54) is 7.11 Å². The molecule has 0 spiro atoms. The minimum absolute atomic E-state index is 0.0780. The molecule has 1 aromatic heterocycles. The van der Waals surface area contributed by atoms with Crippen LogP contribution in [0.1, 0.15) is 42.4 Å². The van der Waals surface area contributed by atoms with Crippen LogP contribution in [-0.4, -0.2) is 69.1 Å². The summed E-state index contributed by atoms with van der Waals surface area (Å²) < 4.78 is 5.74. The van der Waals surface area contributed by atoms with Crippen LogP contribution in [0.5, 0.6) is 0 Å². The molecule has 1 fully saturated rings. The average Bonchev–Trinajstić information content (AvgIpc) is 3.69. The van der Waals surface area contributed by atoms with Crippen LogP contribution in [-0.2, 0) is 22.6 Å². The number of hydrogen-bond donors (Lipinski definition) is 2. The SMILES string of the molecule is COC(=O)N[C@H](C(=O)N1CN(C(=O)N2Cc3ccc(C)cc3C2)CC1c1ncc(-c2ccc(Br)cc2)[nH]1)C(C)C. The van der Waals surface area contributed by atoms with Crippen molar-refractivity contribution in [3.63, 3.8) is 0 Å². The van der Waals surface area contributed by atoms with Gasteiger partial charge in [-0.05, 0) is 41.7 Å². The Balaban J connectivity index is 1.42. The van der Waals surface area contributed by atoms with Crippen molar-refractivity contribution in [1.82, 2.24) is 30.0 Å². The van der Waals surface area contributed by atoms with Gasteiger partial charge < -0.3 is 29.7 Å². The maximum atomic E-state index is 13.9. The number of alkyl carbamates (subject to hydrolysis) is 1. The summed E-state index contributed by atoms with van der Waals surface area (Å²) in [5.74, 6) is 0.0633. The van der Waals surface area contributed by atoms with E-state index in [-0.39, 0.29) is 31.1 Å². The van der Waals surface area contributed by atoms with Crippen LogP contribution < -0.4 is 5.32 Å². The number of benzene rings is 2. The molecule has 40 heavy (non-hydrogen) atoms. The summed E-state index contributed by atoms with van der Waals surface area (Å²) in [6.45, 7) is 7.15. The van der Waals surface area contributed by atoms with E-state index in [1.807, 2.05) is 45.0 Å². The van der Waals surface area contributed by atoms with Gasteiger partial charge >= 0.3 is 12.1 Å². The van der Waals surface area contributed by atoms with Crippen molar-refractivity contribution < 1.29 is 19.1 Å². The van der Waals surface area contributed by atoms with Crippen LogP contribution >= 0.6 is 15.9 Å². The highest BCUT2D eigenvalue weighted by molar-refractivity contribution is 9.10. The zero-order chi connectivity index (χ0) is 28.6. The van der Waals surface area contributed by atoms with Gasteiger partial charge in [-0.3, -0.25) is 4.79 Å². The van der Waals surface area contributed by atoms with E-state index in [9.17, 15) is 14.4 Å². The molecule has 2 aliphatic rings.